The van der Waals surface area contributed by atoms with Crippen LogP contribution in [0, 0.1) is 0 Å². The molecule has 0 saturated carbocycles. The van der Waals surface area contributed by atoms with E-state index in [1.165, 1.54) is 0 Å². The average Bonchev–Trinajstić information content (AvgIpc) is 2.19. The fraction of sp³-hybridized carbons (Fsp3) is 1.00. The first-order valence-electron chi connectivity index (χ1n) is 4.14. The maximum absolute atomic E-state index is 9.30. The van der Waals surface area contributed by atoms with E-state index in [0.717, 1.165) is 0 Å². The first kappa shape index (κ1) is 11.8. The molecule has 7 nitrogen and oxygen atoms in total. The zero-order valence-electron chi connectivity index (χ0n) is 7.35. The van der Waals surface area contributed by atoms with Crippen LogP contribution in [0.1, 0.15) is 0 Å². The van der Waals surface area contributed by atoms with Gasteiger partial charge in [0.05, 0.1) is 6.61 Å². The molecule has 0 radical (unpaired) electrons. The van der Waals surface area contributed by atoms with Crippen molar-refractivity contribution >= 4 is 0 Å². The minimum Gasteiger partial charge on any atom is -0.394 e. The Kier molecular flexibility index (Phi) is 4.20. The summed E-state index contributed by atoms with van der Waals surface area (Å²) >= 11 is 0. The van der Waals surface area contributed by atoms with Crippen molar-refractivity contribution in [2.45, 2.75) is 30.7 Å². The maximum Gasteiger partial charge on any atom is 0.189 e. The third-order valence-corrected chi connectivity index (χ3v) is 2.09. The number of rotatable bonds is 3. The van der Waals surface area contributed by atoms with E-state index in [0.29, 0.717) is 0 Å². The van der Waals surface area contributed by atoms with Crippen molar-refractivity contribution < 1.29 is 35.0 Å². The van der Waals surface area contributed by atoms with Crippen molar-refractivity contribution in [3.05, 3.63) is 0 Å². The molecule has 0 aromatic rings. The van der Waals surface area contributed by atoms with E-state index in [1.54, 1.807) is 0 Å². The molecule has 0 amide bonds. The number of ether oxygens (including phenoxy) is 2. The van der Waals surface area contributed by atoms with Gasteiger partial charge in [0.25, 0.3) is 0 Å². The number of hydrogen-bond acceptors (Lipinski definition) is 7. The summed E-state index contributed by atoms with van der Waals surface area (Å²) in [5.41, 5.74) is 0. The SMILES string of the molecule is OCO[C@H]1O[C@H](CO)[C@@H](O)[C@H](O)[C@H]1O. The van der Waals surface area contributed by atoms with Crippen LogP contribution in [0.25, 0.3) is 0 Å². The van der Waals surface area contributed by atoms with Crippen molar-refractivity contribution in [2.24, 2.45) is 0 Å². The second kappa shape index (κ2) is 4.99. The van der Waals surface area contributed by atoms with Gasteiger partial charge in [-0.15, -0.1) is 0 Å². The Balaban J connectivity index is 2.63. The second-order valence-corrected chi connectivity index (χ2v) is 2.99. The molecule has 1 aliphatic heterocycles. The molecule has 1 rings (SSSR count). The number of hydrogen-bond donors (Lipinski definition) is 5. The van der Waals surface area contributed by atoms with E-state index >= 15 is 0 Å². The maximum atomic E-state index is 9.30. The lowest BCUT2D eigenvalue weighted by Gasteiger charge is -2.39. The normalized spacial score (nSPS) is 43.9. The van der Waals surface area contributed by atoms with Gasteiger partial charge >= 0.3 is 0 Å². The molecule has 0 aliphatic carbocycles. The molecule has 0 unspecified atom stereocenters. The van der Waals surface area contributed by atoms with Crippen LogP contribution in [-0.4, -0.2) is 69.6 Å². The van der Waals surface area contributed by atoms with E-state index in [-0.39, 0.29) is 0 Å². The largest absolute Gasteiger partial charge is 0.394 e. The van der Waals surface area contributed by atoms with E-state index in [1.807, 2.05) is 0 Å². The lowest BCUT2D eigenvalue weighted by atomic mass is 9.99. The summed E-state index contributed by atoms with van der Waals surface area (Å²) in [4.78, 5) is 0. The fourth-order valence-electron chi connectivity index (χ4n) is 1.28. The first-order chi connectivity index (χ1) is 6.61. The minimum absolute atomic E-state index is 0.518. The van der Waals surface area contributed by atoms with Gasteiger partial charge in [-0.3, -0.25) is 0 Å². The standard InChI is InChI=1S/C7H14O7/c8-1-3-4(10)5(11)6(12)7(14-3)13-2-9/h3-12H,1-2H2/t3-,4-,5+,6-,7+/m1/s1. The van der Waals surface area contributed by atoms with E-state index in [4.69, 9.17) is 14.9 Å². The first-order valence-corrected chi connectivity index (χ1v) is 4.14. The Labute approximate surface area is 80.1 Å². The summed E-state index contributed by atoms with van der Waals surface area (Å²) in [6.07, 6.45) is -6.61. The Morgan fingerprint density at radius 3 is 2.14 bits per heavy atom. The van der Waals surface area contributed by atoms with Crippen LogP contribution in [0.3, 0.4) is 0 Å². The van der Waals surface area contributed by atoms with Gasteiger partial charge < -0.3 is 35.0 Å². The smallest absolute Gasteiger partial charge is 0.189 e. The van der Waals surface area contributed by atoms with E-state index < -0.39 is 44.1 Å². The summed E-state index contributed by atoms with van der Waals surface area (Å²) in [6, 6.07) is 0. The highest BCUT2D eigenvalue weighted by molar-refractivity contribution is 4.88. The van der Waals surface area contributed by atoms with Crippen LogP contribution in [0.4, 0.5) is 0 Å². The highest BCUT2D eigenvalue weighted by atomic mass is 16.7. The molecular weight excluding hydrogens is 196 g/mol. The minimum atomic E-state index is -1.47. The molecule has 84 valence electrons. The van der Waals surface area contributed by atoms with Crippen LogP contribution < -0.4 is 0 Å². The van der Waals surface area contributed by atoms with Crippen molar-refractivity contribution in [1.82, 2.24) is 0 Å². The lowest BCUT2D eigenvalue weighted by molar-refractivity contribution is -0.313. The fourth-order valence-corrected chi connectivity index (χ4v) is 1.28. The van der Waals surface area contributed by atoms with Crippen molar-refractivity contribution in [3.8, 4) is 0 Å². The highest BCUT2D eigenvalue weighted by Gasteiger charge is 2.43. The predicted molar refractivity (Wildman–Crippen MR) is 41.9 cm³/mol. The van der Waals surface area contributed by atoms with E-state index in [9.17, 15) is 15.3 Å². The van der Waals surface area contributed by atoms with Crippen LogP contribution in [0.5, 0.6) is 0 Å². The van der Waals surface area contributed by atoms with Crippen LogP contribution in [0.2, 0.25) is 0 Å². The highest BCUT2D eigenvalue weighted by Crippen LogP contribution is 2.21. The van der Waals surface area contributed by atoms with Crippen molar-refractivity contribution in [3.63, 3.8) is 0 Å². The monoisotopic (exact) mass is 210 g/mol. The van der Waals surface area contributed by atoms with E-state index in [2.05, 4.69) is 4.74 Å². The molecule has 1 aliphatic rings. The van der Waals surface area contributed by atoms with Gasteiger partial charge in [-0.25, -0.2) is 0 Å². The number of aliphatic hydroxyl groups is 5. The van der Waals surface area contributed by atoms with Gasteiger partial charge in [-0.2, -0.15) is 0 Å². The third kappa shape index (κ3) is 2.20. The molecule has 0 spiro atoms. The topological polar surface area (TPSA) is 120 Å². The average molecular weight is 210 g/mol. The van der Waals surface area contributed by atoms with Crippen LogP contribution in [-0.2, 0) is 9.47 Å². The predicted octanol–water partition coefficient (Wildman–Crippen LogP) is -3.25. The molecule has 7 heteroatoms. The molecule has 0 aromatic heterocycles. The summed E-state index contributed by atoms with van der Waals surface area (Å²) in [5, 5.41) is 45.1. The van der Waals surface area contributed by atoms with Crippen LogP contribution in [0.15, 0.2) is 0 Å². The second-order valence-electron chi connectivity index (χ2n) is 2.99. The molecule has 1 fully saturated rings. The molecule has 5 N–H and O–H groups in total. The summed E-state index contributed by atoms with van der Waals surface area (Å²) < 4.78 is 9.43. The molecule has 0 aromatic carbocycles. The van der Waals surface area contributed by atoms with Gasteiger partial charge in [0.2, 0.25) is 0 Å². The summed E-state index contributed by atoms with van der Waals surface area (Å²) in [5.74, 6) is 0. The van der Waals surface area contributed by atoms with Gasteiger partial charge in [-0.1, -0.05) is 0 Å². The quantitative estimate of drug-likeness (QED) is 0.310. The Hall–Kier alpha value is -0.280. The van der Waals surface area contributed by atoms with Crippen molar-refractivity contribution in [1.29, 1.82) is 0 Å². The Morgan fingerprint density at radius 2 is 1.64 bits per heavy atom. The van der Waals surface area contributed by atoms with Crippen molar-refractivity contribution in [2.75, 3.05) is 13.4 Å². The third-order valence-electron chi connectivity index (χ3n) is 2.09. The Morgan fingerprint density at radius 1 is 1.00 bits per heavy atom. The zero-order chi connectivity index (χ0) is 10.7. The molecule has 1 saturated heterocycles. The Bertz CT molecular complexity index is 171. The molecule has 5 atom stereocenters. The van der Waals surface area contributed by atoms with Crippen LogP contribution >= 0.6 is 0 Å². The van der Waals surface area contributed by atoms with Gasteiger partial charge in [0.15, 0.2) is 6.29 Å². The number of aliphatic hydroxyl groups excluding tert-OH is 5. The zero-order valence-corrected chi connectivity index (χ0v) is 7.35. The molecule has 14 heavy (non-hydrogen) atoms. The summed E-state index contributed by atoms with van der Waals surface area (Å²) in [6.45, 7) is -1.21. The van der Waals surface area contributed by atoms with Gasteiger partial charge in [0, 0.05) is 0 Å². The lowest BCUT2D eigenvalue weighted by Crippen LogP contribution is -2.59. The molecular formula is C7H14O7. The van der Waals surface area contributed by atoms with Gasteiger partial charge in [-0.05, 0) is 0 Å². The summed E-state index contributed by atoms with van der Waals surface area (Å²) in [7, 11) is 0. The molecule has 1 heterocycles. The van der Waals surface area contributed by atoms with Gasteiger partial charge in [0.1, 0.15) is 31.2 Å². The molecule has 0 bridgehead atoms.